The number of alkyl halides is 1. The molecule has 0 aromatic rings. The van der Waals surface area contributed by atoms with E-state index in [2.05, 4.69) is 21.4 Å². The largest absolute Gasteiger partial charge is 0.468 e. The van der Waals surface area contributed by atoms with Crippen molar-refractivity contribution >= 4 is 34.1 Å². The van der Waals surface area contributed by atoms with Gasteiger partial charge in [0.2, 0.25) is 0 Å². The van der Waals surface area contributed by atoms with Gasteiger partial charge < -0.3 is 14.2 Å². The van der Waals surface area contributed by atoms with Crippen LogP contribution in [0.1, 0.15) is 54.4 Å². The predicted molar refractivity (Wildman–Crippen MR) is 98.7 cm³/mol. The lowest BCUT2D eigenvalue weighted by atomic mass is 9.78. The molecule has 1 saturated carbocycles. The molecule has 2 amide bonds. The number of nitrogens with zero attached hydrogens (tertiary/aromatic N) is 1. The van der Waals surface area contributed by atoms with E-state index >= 15 is 0 Å². The summed E-state index contributed by atoms with van der Waals surface area (Å²) in [7, 11) is 1.32. The summed E-state index contributed by atoms with van der Waals surface area (Å²) >= 11 is 3.31. The van der Waals surface area contributed by atoms with Crippen LogP contribution in [-0.2, 0) is 19.0 Å². The van der Waals surface area contributed by atoms with Crippen LogP contribution in [-0.4, -0.2) is 52.3 Å². The van der Waals surface area contributed by atoms with Crippen LogP contribution >= 0.6 is 15.9 Å². The van der Waals surface area contributed by atoms with Gasteiger partial charge in [-0.2, -0.15) is 0 Å². The number of carbonyl (C=O) groups excluding carboxylic acids is 3. The third kappa shape index (κ3) is 7.01. The Balaban J connectivity index is 2.78. The van der Waals surface area contributed by atoms with Gasteiger partial charge in [0.25, 0.3) is 0 Å². The van der Waals surface area contributed by atoms with Crippen LogP contribution in [0.4, 0.5) is 9.59 Å². The predicted octanol–water partition coefficient (Wildman–Crippen LogP) is 3.38. The highest BCUT2D eigenvalue weighted by Crippen LogP contribution is 2.37. The van der Waals surface area contributed by atoms with E-state index in [4.69, 9.17) is 14.2 Å². The number of hydrogen-bond acceptors (Lipinski definition) is 6. The Bertz CT molecular complexity index is 534. The number of rotatable bonds is 3. The number of hydrogen-bond donors (Lipinski definition) is 1. The van der Waals surface area contributed by atoms with Crippen molar-refractivity contribution in [2.24, 2.45) is 5.92 Å². The molecule has 9 heteroatoms. The molecule has 1 fully saturated rings. The molecule has 8 nitrogen and oxygen atoms in total. The second kappa shape index (κ2) is 8.45. The second-order valence-corrected chi connectivity index (χ2v) is 9.26. The number of esters is 1. The molecule has 1 aliphatic carbocycles. The molecule has 0 aliphatic heterocycles. The van der Waals surface area contributed by atoms with Gasteiger partial charge in [0.05, 0.1) is 13.2 Å². The normalized spacial score (nSPS) is 21.1. The topological polar surface area (TPSA) is 94.2 Å². The van der Waals surface area contributed by atoms with E-state index in [-0.39, 0.29) is 17.9 Å². The van der Waals surface area contributed by atoms with Crippen molar-refractivity contribution in [1.82, 2.24) is 10.4 Å². The number of methoxy groups -OCH3 is 1. The van der Waals surface area contributed by atoms with Crippen LogP contribution in [0.3, 0.4) is 0 Å². The van der Waals surface area contributed by atoms with Crippen molar-refractivity contribution in [3.8, 4) is 0 Å². The lowest BCUT2D eigenvalue weighted by Crippen LogP contribution is -2.59. The first-order chi connectivity index (χ1) is 11.7. The minimum absolute atomic E-state index is 0.00202. The van der Waals surface area contributed by atoms with Crippen molar-refractivity contribution < 1.29 is 28.6 Å². The summed E-state index contributed by atoms with van der Waals surface area (Å²) in [5.74, 6) is -0.366. The molecule has 1 rings (SSSR count). The highest BCUT2D eigenvalue weighted by molar-refractivity contribution is 9.10. The Kier molecular flexibility index (Phi) is 7.33. The van der Waals surface area contributed by atoms with Crippen LogP contribution < -0.4 is 5.43 Å². The quantitative estimate of drug-likeness (QED) is 0.315. The van der Waals surface area contributed by atoms with Crippen molar-refractivity contribution in [2.75, 3.05) is 7.11 Å². The van der Waals surface area contributed by atoms with Crippen LogP contribution in [0.5, 0.6) is 0 Å². The van der Waals surface area contributed by atoms with Crippen LogP contribution in [0.15, 0.2) is 0 Å². The molecule has 0 radical (unpaired) electrons. The zero-order valence-electron chi connectivity index (χ0n) is 16.4. The van der Waals surface area contributed by atoms with E-state index in [1.165, 1.54) is 7.11 Å². The third-order valence-corrected chi connectivity index (χ3v) is 4.68. The van der Waals surface area contributed by atoms with Gasteiger partial charge in [-0.15, -0.1) is 0 Å². The maximum atomic E-state index is 12.5. The first kappa shape index (κ1) is 22.5. The molecule has 0 aromatic heterocycles. The van der Waals surface area contributed by atoms with E-state index in [1.54, 1.807) is 41.5 Å². The molecule has 1 N–H and O–H groups in total. The number of amides is 2. The summed E-state index contributed by atoms with van der Waals surface area (Å²) in [5, 5.41) is 1.15. The molecule has 26 heavy (non-hydrogen) atoms. The average Bonchev–Trinajstić information content (AvgIpc) is 2.39. The van der Waals surface area contributed by atoms with Crippen LogP contribution in [0.25, 0.3) is 0 Å². The van der Waals surface area contributed by atoms with Gasteiger partial charge in [-0.25, -0.2) is 20.0 Å². The molecule has 0 bridgehead atoms. The Morgan fingerprint density at radius 3 is 1.96 bits per heavy atom. The van der Waals surface area contributed by atoms with Gasteiger partial charge in [-0.3, -0.25) is 4.79 Å². The molecule has 0 saturated heterocycles. The van der Waals surface area contributed by atoms with Crippen LogP contribution in [0, 0.1) is 5.92 Å². The molecular weight excluding hydrogens is 408 g/mol. The van der Waals surface area contributed by atoms with Crippen molar-refractivity contribution in [2.45, 2.75) is 76.5 Å². The zero-order chi connectivity index (χ0) is 20.3. The minimum atomic E-state index is -0.741. The number of nitrogens with one attached hydrogen (secondary N) is 1. The average molecular weight is 437 g/mol. The van der Waals surface area contributed by atoms with Gasteiger partial charge in [-0.05, 0) is 60.3 Å². The number of carbonyl (C=O) groups is 3. The molecule has 1 aliphatic rings. The highest BCUT2D eigenvalue weighted by Gasteiger charge is 2.44. The van der Waals surface area contributed by atoms with Gasteiger partial charge >= 0.3 is 18.2 Å². The third-order valence-electron chi connectivity index (χ3n) is 3.56. The fourth-order valence-electron chi connectivity index (χ4n) is 2.38. The Morgan fingerprint density at radius 2 is 1.54 bits per heavy atom. The van der Waals surface area contributed by atoms with E-state index in [9.17, 15) is 14.4 Å². The SMILES string of the molecule is COC(=O)C(Br)C1CC(N(NC(=O)OC(C)(C)C)C(=O)OC(C)(C)C)C1. The van der Waals surface area contributed by atoms with E-state index in [0.29, 0.717) is 12.8 Å². The zero-order valence-corrected chi connectivity index (χ0v) is 18.0. The summed E-state index contributed by atoms with van der Waals surface area (Å²) in [6.07, 6.45) is -0.383. The molecule has 1 atom stereocenters. The lowest BCUT2D eigenvalue weighted by molar-refractivity contribution is -0.142. The standard InChI is InChI=1S/C17H29BrN2O6/c1-16(2,3)25-14(22)19-20(15(23)26-17(4,5)6)11-8-10(9-11)12(18)13(21)24-7/h10-12H,8-9H2,1-7H3,(H,19,22). The van der Waals surface area contributed by atoms with Crippen molar-refractivity contribution in [3.63, 3.8) is 0 Å². The van der Waals surface area contributed by atoms with Gasteiger partial charge in [0, 0.05) is 0 Å². The first-order valence-electron chi connectivity index (χ1n) is 8.47. The van der Waals surface area contributed by atoms with Gasteiger partial charge in [0.15, 0.2) is 0 Å². The van der Waals surface area contributed by atoms with Crippen molar-refractivity contribution in [1.29, 1.82) is 0 Å². The minimum Gasteiger partial charge on any atom is -0.468 e. The Morgan fingerprint density at radius 1 is 1.04 bits per heavy atom. The van der Waals surface area contributed by atoms with E-state index in [0.717, 1.165) is 5.01 Å². The maximum Gasteiger partial charge on any atom is 0.429 e. The summed E-state index contributed by atoms with van der Waals surface area (Å²) in [6, 6.07) is -0.299. The maximum absolute atomic E-state index is 12.5. The Labute approximate surface area is 163 Å². The summed E-state index contributed by atoms with van der Waals surface area (Å²) in [6.45, 7) is 10.4. The molecule has 150 valence electrons. The summed E-state index contributed by atoms with van der Waals surface area (Å²) < 4.78 is 15.3. The summed E-state index contributed by atoms with van der Waals surface area (Å²) in [4.78, 5) is 35.7. The second-order valence-electron chi connectivity index (χ2n) is 8.27. The number of halogens is 1. The number of hydrazine groups is 1. The van der Waals surface area contributed by atoms with Crippen LogP contribution in [0.2, 0.25) is 0 Å². The molecular formula is C17H29BrN2O6. The summed E-state index contributed by atoms with van der Waals surface area (Å²) in [5.41, 5.74) is 1.06. The van der Waals surface area contributed by atoms with Crippen molar-refractivity contribution in [3.05, 3.63) is 0 Å². The Hall–Kier alpha value is -1.51. The first-order valence-corrected chi connectivity index (χ1v) is 9.39. The molecule has 1 unspecified atom stereocenters. The highest BCUT2D eigenvalue weighted by atomic mass is 79.9. The molecule has 0 heterocycles. The van der Waals surface area contributed by atoms with Gasteiger partial charge in [0.1, 0.15) is 16.0 Å². The number of ether oxygens (including phenoxy) is 3. The van der Waals surface area contributed by atoms with E-state index in [1.807, 2.05) is 0 Å². The smallest absolute Gasteiger partial charge is 0.429 e. The fourth-order valence-corrected chi connectivity index (χ4v) is 3.00. The molecule has 0 spiro atoms. The fraction of sp³-hybridized carbons (Fsp3) is 0.824. The molecule has 0 aromatic carbocycles. The van der Waals surface area contributed by atoms with E-state index < -0.39 is 28.2 Å². The van der Waals surface area contributed by atoms with Gasteiger partial charge in [-0.1, -0.05) is 15.9 Å². The monoisotopic (exact) mass is 436 g/mol. The lowest BCUT2D eigenvalue weighted by Gasteiger charge is -2.43.